The van der Waals surface area contributed by atoms with E-state index in [4.69, 9.17) is 0 Å². The van der Waals surface area contributed by atoms with Gasteiger partial charge in [-0.05, 0) is 0 Å². The SMILES string of the molecule is CCc1nsc(N2CCN(C(=NC)NCc3nc(C(F)(F)F)cs3)CC2)n1. The van der Waals surface area contributed by atoms with Gasteiger partial charge in [0.15, 0.2) is 11.7 Å². The molecule has 0 saturated carbocycles. The first-order chi connectivity index (χ1) is 12.9. The van der Waals surface area contributed by atoms with Gasteiger partial charge in [0.1, 0.15) is 10.8 Å². The van der Waals surface area contributed by atoms with Gasteiger partial charge in [0.2, 0.25) is 5.13 Å². The van der Waals surface area contributed by atoms with Gasteiger partial charge in [0.25, 0.3) is 0 Å². The second-order valence-electron chi connectivity index (χ2n) is 5.85. The maximum absolute atomic E-state index is 12.6. The van der Waals surface area contributed by atoms with E-state index >= 15 is 0 Å². The van der Waals surface area contributed by atoms with Gasteiger partial charge < -0.3 is 15.1 Å². The van der Waals surface area contributed by atoms with Crippen molar-refractivity contribution in [3.63, 3.8) is 0 Å². The van der Waals surface area contributed by atoms with Crippen molar-refractivity contribution in [3.8, 4) is 0 Å². The van der Waals surface area contributed by atoms with Crippen LogP contribution in [0.25, 0.3) is 0 Å². The Balaban J connectivity index is 1.52. The van der Waals surface area contributed by atoms with Crippen LogP contribution in [0.4, 0.5) is 18.3 Å². The van der Waals surface area contributed by atoms with Crippen LogP contribution in [0.1, 0.15) is 23.4 Å². The summed E-state index contributed by atoms with van der Waals surface area (Å²) in [4.78, 5) is 16.7. The largest absolute Gasteiger partial charge is 0.434 e. The van der Waals surface area contributed by atoms with Crippen molar-refractivity contribution < 1.29 is 13.2 Å². The molecule has 0 bridgehead atoms. The summed E-state index contributed by atoms with van der Waals surface area (Å²) < 4.78 is 42.2. The summed E-state index contributed by atoms with van der Waals surface area (Å²) in [5.41, 5.74) is -0.851. The number of aliphatic imine (C=N–C) groups is 1. The number of aromatic nitrogens is 3. The van der Waals surface area contributed by atoms with Crippen LogP contribution < -0.4 is 10.2 Å². The number of rotatable bonds is 4. The number of alkyl halides is 3. The van der Waals surface area contributed by atoms with Crippen LogP contribution in [0.15, 0.2) is 10.4 Å². The first-order valence-electron chi connectivity index (χ1n) is 8.45. The van der Waals surface area contributed by atoms with Gasteiger partial charge in [-0.25, -0.2) is 9.97 Å². The predicted octanol–water partition coefficient (Wildman–Crippen LogP) is 2.47. The maximum Gasteiger partial charge on any atom is 0.434 e. The van der Waals surface area contributed by atoms with Gasteiger partial charge in [-0.3, -0.25) is 4.99 Å². The molecule has 0 radical (unpaired) electrons. The lowest BCUT2D eigenvalue weighted by atomic mass is 10.3. The fourth-order valence-corrected chi connectivity index (χ4v) is 4.18. The summed E-state index contributed by atoms with van der Waals surface area (Å²) in [6.45, 7) is 5.30. The van der Waals surface area contributed by atoms with Crippen molar-refractivity contribution in [1.82, 2.24) is 24.6 Å². The van der Waals surface area contributed by atoms with Crippen molar-refractivity contribution >= 4 is 34.0 Å². The molecular formula is C15H20F3N7S2. The minimum absolute atomic E-state index is 0.212. The number of halogens is 3. The third-order valence-corrected chi connectivity index (χ3v) is 5.74. The van der Waals surface area contributed by atoms with Crippen molar-refractivity contribution in [2.24, 2.45) is 4.99 Å². The molecular weight excluding hydrogens is 399 g/mol. The smallest absolute Gasteiger partial charge is 0.350 e. The molecule has 3 heterocycles. The number of nitrogens with zero attached hydrogens (tertiary/aromatic N) is 6. The van der Waals surface area contributed by atoms with Crippen LogP contribution in [0.5, 0.6) is 0 Å². The zero-order chi connectivity index (χ0) is 19.4. The Kier molecular flexibility index (Phi) is 6.15. The molecule has 0 amide bonds. The molecule has 0 atom stereocenters. The van der Waals surface area contributed by atoms with E-state index in [2.05, 4.69) is 34.5 Å². The van der Waals surface area contributed by atoms with Gasteiger partial charge in [-0.1, -0.05) is 6.92 Å². The first-order valence-corrected chi connectivity index (χ1v) is 10.1. The van der Waals surface area contributed by atoms with E-state index < -0.39 is 11.9 Å². The Labute approximate surface area is 163 Å². The summed E-state index contributed by atoms with van der Waals surface area (Å²) in [5, 5.41) is 5.44. The third kappa shape index (κ3) is 4.86. The van der Waals surface area contributed by atoms with Crippen LogP contribution in [-0.4, -0.2) is 58.4 Å². The maximum atomic E-state index is 12.6. The topological polar surface area (TPSA) is 69.5 Å². The number of aryl methyl sites for hydroxylation is 1. The Morgan fingerprint density at radius 1 is 1.26 bits per heavy atom. The Morgan fingerprint density at radius 3 is 2.56 bits per heavy atom. The molecule has 1 aliphatic heterocycles. The fraction of sp³-hybridized carbons (Fsp3) is 0.600. The molecule has 27 heavy (non-hydrogen) atoms. The quantitative estimate of drug-likeness (QED) is 0.607. The number of guanidine groups is 1. The van der Waals surface area contributed by atoms with Crippen LogP contribution in [0, 0.1) is 0 Å². The van der Waals surface area contributed by atoms with Crippen LogP contribution in [0.2, 0.25) is 0 Å². The molecule has 1 saturated heterocycles. The van der Waals surface area contributed by atoms with Gasteiger partial charge >= 0.3 is 6.18 Å². The highest BCUT2D eigenvalue weighted by Gasteiger charge is 2.33. The Hall–Kier alpha value is -1.95. The molecule has 0 unspecified atom stereocenters. The van der Waals surface area contributed by atoms with Gasteiger partial charge in [0, 0.05) is 56.6 Å². The van der Waals surface area contributed by atoms with Crippen LogP contribution in [0.3, 0.4) is 0 Å². The van der Waals surface area contributed by atoms with E-state index in [0.29, 0.717) is 11.0 Å². The molecule has 7 nitrogen and oxygen atoms in total. The summed E-state index contributed by atoms with van der Waals surface area (Å²) >= 11 is 2.40. The molecule has 12 heteroatoms. The fourth-order valence-electron chi connectivity index (χ4n) is 2.64. The number of hydrogen-bond donors (Lipinski definition) is 1. The van der Waals surface area contributed by atoms with E-state index in [-0.39, 0.29) is 6.54 Å². The van der Waals surface area contributed by atoms with Gasteiger partial charge in [-0.2, -0.15) is 17.5 Å². The van der Waals surface area contributed by atoms with Gasteiger partial charge in [-0.15, -0.1) is 11.3 Å². The normalized spacial score (nSPS) is 16.1. The summed E-state index contributed by atoms with van der Waals surface area (Å²) in [7, 11) is 1.66. The predicted molar refractivity (Wildman–Crippen MR) is 100 cm³/mol. The average Bonchev–Trinajstić information content (AvgIpc) is 3.32. The summed E-state index contributed by atoms with van der Waals surface area (Å²) in [6, 6.07) is 0. The van der Waals surface area contributed by atoms with Crippen LogP contribution >= 0.6 is 22.9 Å². The monoisotopic (exact) mass is 419 g/mol. The molecule has 1 fully saturated rings. The number of anilines is 1. The molecule has 1 N–H and O–H groups in total. The zero-order valence-electron chi connectivity index (χ0n) is 15.0. The van der Waals surface area contributed by atoms with E-state index in [9.17, 15) is 13.2 Å². The van der Waals surface area contributed by atoms with E-state index in [0.717, 1.165) is 60.3 Å². The number of piperazine rings is 1. The summed E-state index contributed by atoms with van der Waals surface area (Å²) in [6.07, 6.45) is -3.59. The average molecular weight is 420 g/mol. The second-order valence-corrected chi connectivity index (χ2v) is 7.52. The van der Waals surface area contributed by atoms with Crippen molar-refractivity contribution in [2.45, 2.75) is 26.1 Å². The molecule has 148 valence electrons. The molecule has 2 aromatic heterocycles. The highest BCUT2D eigenvalue weighted by molar-refractivity contribution is 7.10. The van der Waals surface area contributed by atoms with E-state index in [1.807, 2.05) is 6.92 Å². The molecule has 3 rings (SSSR count). The third-order valence-electron chi connectivity index (χ3n) is 4.08. The Bertz CT molecular complexity index is 778. The van der Waals surface area contributed by atoms with Gasteiger partial charge in [0.05, 0.1) is 6.54 Å². The molecule has 1 aliphatic rings. The zero-order valence-corrected chi connectivity index (χ0v) is 16.6. The second kappa shape index (κ2) is 8.38. The molecule has 0 spiro atoms. The van der Waals surface area contributed by atoms with Crippen LogP contribution in [-0.2, 0) is 19.1 Å². The molecule has 0 aliphatic carbocycles. The lowest BCUT2D eigenvalue weighted by Crippen LogP contribution is -2.52. The highest BCUT2D eigenvalue weighted by atomic mass is 32.1. The van der Waals surface area contributed by atoms with Crippen molar-refractivity contribution in [2.75, 3.05) is 38.1 Å². The Morgan fingerprint density at radius 2 is 2.00 bits per heavy atom. The van der Waals surface area contributed by atoms with E-state index in [1.54, 1.807) is 7.05 Å². The summed E-state index contributed by atoms with van der Waals surface area (Å²) in [5.74, 6) is 1.52. The number of hydrogen-bond acceptors (Lipinski definition) is 7. The minimum atomic E-state index is -4.41. The highest BCUT2D eigenvalue weighted by Crippen LogP contribution is 2.30. The van der Waals surface area contributed by atoms with Crippen molar-refractivity contribution in [3.05, 3.63) is 21.9 Å². The molecule has 0 aromatic carbocycles. The first kappa shape index (κ1) is 19.8. The standard InChI is InChI=1S/C15H20F3N7S2/c1-3-11-22-14(27-23-11)25-6-4-24(5-7-25)13(19-2)20-8-12-21-10(9-26-12)15(16,17)18/h9H,3-8H2,1-2H3,(H,19,20). The van der Waals surface area contributed by atoms with E-state index in [1.165, 1.54) is 11.5 Å². The number of nitrogens with one attached hydrogen (secondary N) is 1. The van der Waals surface area contributed by atoms with Crippen molar-refractivity contribution in [1.29, 1.82) is 0 Å². The lowest BCUT2D eigenvalue weighted by molar-refractivity contribution is -0.140. The molecule has 2 aromatic rings. The number of thiazole rings is 1. The minimum Gasteiger partial charge on any atom is -0.350 e. The lowest BCUT2D eigenvalue weighted by Gasteiger charge is -2.36.